The third kappa shape index (κ3) is 11.9. The zero-order valence-corrected chi connectivity index (χ0v) is 22.2. The van der Waals surface area contributed by atoms with E-state index in [1.54, 1.807) is 24.3 Å². The van der Waals surface area contributed by atoms with E-state index in [-0.39, 0.29) is 25.6 Å². The molecule has 2 aromatic rings. The summed E-state index contributed by atoms with van der Waals surface area (Å²) in [5.41, 5.74) is 0.311. The number of hydrogen-bond acceptors (Lipinski definition) is 7. The fourth-order valence-corrected chi connectivity index (χ4v) is 3.55. The van der Waals surface area contributed by atoms with Gasteiger partial charge in [-0.2, -0.15) is 0 Å². The molecular weight excluding hydrogens is 472 g/mol. The largest absolute Gasteiger partial charge is 0.494 e. The molecule has 0 fully saturated rings. The summed E-state index contributed by atoms with van der Waals surface area (Å²) in [5, 5.41) is 0. The molecule has 0 N–H and O–H groups in total. The standard InChI is InChI=1S/C30H40O7/c1-4-6-7-8-9-10-11-12-20-34-26-14-16-27(17-15-26)36-22-25(31)23-37-28-18-13-24(21-29(28)33-3)30(32)35-19-5-2/h5,13-18,21H,2,4,6-12,19-20,22-23H2,1,3H3. The Labute approximate surface area is 220 Å². The van der Waals surface area contributed by atoms with Crippen molar-refractivity contribution >= 4 is 11.8 Å². The number of carbonyl (C=O) groups excluding carboxylic acids is 2. The molecule has 0 saturated heterocycles. The van der Waals surface area contributed by atoms with Crippen molar-refractivity contribution in [2.75, 3.05) is 33.5 Å². The number of ether oxygens (including phenoxy) is 5. The third-order valence-corrected chi connectivity index (χ3v) is 5.61. The molecule has 0 aliphatic heterocycles. The number of esters is 1. The molecule has 0 spiro atoms. The molecule has 0 aliphatic rings. The summed E-state index contributed by atoms with van der Waals surface area (Å²) in [6.45, 7) is 6.23. The Balaban J connectivity index is 1.67. The Morgan fingerprint density at radius 3 is 2.05 bits per heavy atom. The molecule has 7 heteroatoms. The predicted octanol–water partition coefficient (Wildman–Crippen LogP) is 6.58. The van der Waals surface area contributed by atoms with E-state index >= 15 is 0 Å². The van der Waals surface area contributed by atoms with Crippen molar-refractivity contribution in [2.45, 2.75) is 58.3 Å². The molecule has 0 saturated carbocycles. The van der Waals surface area contributed by atoms with Crippen molar-refractivity contribution in [1.82, 2.24) is 0 Å². The van der Waals surface area contributed by atoms with E-state index in [0.717, 1.165) is 12.2 Å². The summed E-state index contributed by atoms with van der Waals surface area (Å²) in [5.74, 6) is 1.28. The van der Waals surface area contributed by atoms with Gasteiger partial charge >= 0.3 is 5.97 Å². The lowest BCUT2D eigenvalue weighted by molar-refractivity contribution is -0.123. The summed E-state index contributed by atoms with van der Waals surface area (Å²) in [6.07, 6.45) is 11.6. The van der Waals surface area contributed by atoms with Gasteiger partial charge in [0.15, 0.2) is 18.1 Å². The van der Waals surface area contributed by atoms with Crippen molar-refractivity contribution in [3.05, 3.63) is 60.7 Å². The SMILES string of the molecule is C=CCOC(=O)c1ccc(OCC(=O)COc2ccc(OCCCCCCCCCC)cc2)c(OC)c1. The van der Waals surface area contributed by atoms with E-state index in [2.05, 4.69) is 13.5 Å². The lowest BCUT2D eigenvalue weighted by Gasteiger charge is -2.12. The second-order valence-electron chi connectivity index (χ2n) is 8.66. The average Bonchev–Trinajstić information content (AvgIpc) is 2.93. The maximum atomic E-state index is 12.3. The summed E-state index contributed by atoms with van der Waals surface area (Å²) in [4.78, 5) is 24.2. The van der Waals surface area contributed by atoms with Gasteiger partial charge in [0.1, 0.15) is 24.7 Å². The zero-order chi connectivity index (χ0) is 26.7. The topological polar surface area (TPSA) is 80.3 Å². The van der Waals surface area contributed by atoms with Crippen LogP contribution in [-0.2, 0) is 9.53 Å². The minimum absolute atomic E-state index is 0.114. The maximum Gasteiger partial charge on any atom is 0.338 e. The first-order chi connectivity index (χ1) is 18.1. The summed E-state index contributed by atoms with van der Waals surface area (Å²) < 4.78 is 27.2. The summed E-state index contributed by atoms with van der Waals surface area (Å²) in [7, 11) is 1.45. The second-order valence-corrected chi connectivity index (χ2v) is 8.66. The zero-order valence-electron chi connectivity index (χ0n) is 22.2. The monoisotopic (exact) mass is 512 g/mol. The molecule has 202 valence electrons. The van der Waals surface area contributed by atoms with Crippen LogP contribution in [0.1, 0.15) is 68.6 Å². The van der Waals surface area contributed by atoms with Gasteiger partial charge in [0.2, 0.25) is 5.78 Å². The van der Waals surface area contributed by atoms with E-state index in [1.807, 2.05) is 12.1 Å². The van der Waals surface area contributed by atoms with Crippen molar-refractivity contribution in [3.63, 3.8) is 0 Å². The van der Waals surface area contributed by atoms with Gasteiger partial charge in [-0.1, -0.05) is 64.5 Å². The van der Waals surface area contributed by atoms with Crippen molar-refractivity contribution < 1.29 is 33.3 Å². The number of benzene rings is 2. The Hall–Kier alpha value is -3.48. The predicted molar refractivity (Wildman–Crippen MR) is 144 cm³/mol. The fraction of sp³-hybridized carbons (Fsp3) is 0.467. The molecular formula is C30H40O7. The van der Waals surface area contributed by atoms with Crippen molar-refractivity contribution in [2.24, 2.45) is 0 Å². The van der Waals surface area contributed by atoms with Crippen LogP contribution in [0.25, 0.3) is 0 Å². The number of hydrogen-bond donors (Lipinski definition) is 0. The first kappa shape index (κ1) is 29.7. The number of ketones is 1. The van der Waals surface area contributed by atoms with Gasteiger partial charge in [0.25, 0.3) is 0 Å². The first-order valence-electron chi connectivity index (χ1n) is 13.0. The Morgan fingerprint density at radius 1 is 0.784 bits per heavy atom. The van der Waals surface area contributed by atoms with Gasteiger partial charge in [-0.05, 0) is 48.9 Å². The average molecular weight is 513 g/mol. The van der Waals surface area contributed by atoms with Crippen LogP contribution in [0.5, 0.6) is 23.0 Å². The van der Waals surface area contributed by atoms with Crippen LogP contribution in [0.15, 0.2) is 55.1 Å². The number of rotatable bonds is 20. The molecule has 37 heavy (non-hydrogen) atoms. The van der Waals surface area contributed by atoms with E-state index in [0.29, 0.717) is 29.4 Å². The maximum absolute atomic E-state index is 12.3. The highest BCUT2D eigenvalue weighted by Crippen LogP contribution is 2.28. The molecule has 0 unspecified atom stereocenters. The molecule has 0 bridgehead atoms. The van der Waals surface area contributed by atoms with Gasteiger partial charge in [-0.25, -0.2) is 4.79 Å². The Kier molecular flexibility index (Phi) is 14.4. The van der Waals surface area contributed by atoms with Gasteiger partial charge in [0.05, 0.1) is 19.3 Å². The highest BCUT2D eigenvalue weighted by molar-refractivity contribution is 5.90. The molecule has 0 atom stereocenters. The van der Waals surface area contributed by atoms with E-state index in [1.165, 1.54) is 64.2 Å². The molecule has 0 aliphatic carbocycles. The van der Waals surface area contributed by atoms with Crippen LogP contribution in [0.3, 0.4) is 0 Å². The van der Waals surface area contributed by atoms with Gasteiger partial charge in [-0.3, -0.25) is 4.79 Å². The van der Waals surface area contributed by atoms with Crippen LogP contribution in [0.2, 0.25) is 0 Å². The lowest BCUT2D eigenvalue weighted by Crippen LogP contribution is -2.19. The van der Waals surface area contributed by atoms with Gasteiger partial charge < -0.3 is 23.7 Å². The highest BCUT2D eigenvalue weighted by Gasteiger charge is 2.13. The minimum atomic E-state index is -0.501. The smallest absolute Gasteiger partial charge is 0.338 e. The van der Waals surface area contributed by atoms with Gasteiger partial charge in [0, 0.05) is 0 Å². The molecule has 0 radical (unpaired) electrons. The summed E-state index contributed by atoms with van der Waals surface area (Å²) in [6, 6.07) is 11.8. The fourth-order valence-electron chi connectivity index (χ4n) is 3.55. The molecule has 2 aromatic carbocycles. The lowest BCUT2D eigenvalue weighted by atomic mass is 10.1. The third-order valence-electron chi connectivity index (χ3n) is 5.61. The van der Waals surface area contributed by atoms with E-state index < -0.39 is 5.97 Å². The summed E-state index contributed by atoms with van der Waals surface area (Å²) >= 11 is 0. The van der Waals surface area contributed by atoms with Crippen LogP contribution in [0, 0.1) is 0 Å². The van der Waals surface area contributed by atoms with Crippen LogP contribution in [0.4, 0.5) is 0 Å². The van der Waals surface area contributed by atoms with Crippen molar-refractivity contribution in [3.8, 4) is 23.0 Å². The van der Waals surface area contributed by atoms with E-state index in [4.69, 9.17) is 23.7 Å². The number of methoxy groups -OCH3 is 1. The molecule has 0 amide bonds. The second kappa shape index (κ2) is 17.9. The molecule has 0 heterocycles. The highest BCUT2D eigenvalue weighted by atomic mass is 16.5. The quantitative estimate of drug-likeness (QED) is 0.113. The number of Topliss-reactive ketones (excluding diaryl/α,β-unsaturated/α-hetero) is 1. The van der Waals surface area contributed by atoms with Gasteiger partial charge in [-0.15, -0.1) is 0 Å². The van der Waals surface area contributed by atoms with Crippen molar-refractivity contribution in [1.29, 1.82) is 0 Å². The number of carbonyl (C=O) groups is 2. The Bertz CT molecular complexity index is 953. The minimum Gasteiger partial charge on any atom is -0.494 e. The molecule has 2 rings (SSSR count). The van der Waals surface area contributed by atoms with Crippen LogP contribution >= 0.6 is 0 Å². The normalized spacial score (nSPS) is 10.4. The van der Waals surface area contributed by atoms with Crippen LogP contribution < -0.4 is 18.9 Å². The Morgan fingerprint density at radius 2 is 1.41 bits per heavy atom. The number of unbranched alkanes of at least 4 members (excludes halogenated alkanes) is 7. The first-order valence-corrected chi connectivity index (χ1v) is 13.0. The molecule has 0 aromatic heterocycles. The molecule has 7 nitrogen and oxygen atoms in total. The van der Waals surface area contributed by atoms with Crippen LogP contribution in [-0.4, -0.2) is 45.3 Å². The van der Waals surface area contributed by atoms with E-state index in [9.17, 15) is 9.59 Å².